The number of benzene rings is 2. The summed E-state index contributed by atoms with van der Waals surface area (Å²) in [6, 6.07) is 13.8. The number of anilines is 2. The lowest BCUT2D eigenvalue weighted by Crippen LogP contribution is -2.21. The third-order valence-electron chi connectivity index (χ3n) is 5.00. The fraction of sp³-hybridized carbons (Fsp3) is 0.364. The molecule has 0 aromatic heterocycles. The molecule has 1 fully saturated rings. The zero-order valence-corrected chi connectivity index (χ0v) is 15.6. The van der Waals surface area contributed by atoms with Crippen molar-refractivity contribution in [1.82, 2.24) is 0 Å². The van der Waals surface area contributed by atoms with Crippen LogP contribution in [-0.4, -0.2) is 11.8 Å². The van der Waals surface area contributed by atoms with E-state index in [2.05, 4.69) is 24.5 Å². The Bertz CT molecular complexity index is 806. The molecule has 2 aromatic carbocycles. The van der Waals surface area contributed by atoms with Gasteiger partial charge in [-0.15, -0.1) is 0 Å². The number of carbonyl (C=O) groups excluding carboxylic acids is 2. The van der Waals surface area contributed by atoms with Crippen molar-refractivity contribution in [2.24, 2.45) is 11.8 Å². The number of amides is 2. The van der Waals surface area contributed by atoms with Gasteiger partial charge in [0.25, 0.3) is 0 Å². The van der Waals surface area contributed by atoms with Crippen molar-refractivity contribution in [1.29, 1.82) is 0 Å². The molecule has 2 amide bonds. The molecule has 2 unspecified atom stereocenters. The monoisotopic (exact) mass is 350 g/mol. The molecule has 2 atom stereocenters. The molecule has 0 radical (unpaired) electrons. The van der Waals surface area contributed by atoms with Gasteiger partial charge in [0, 0.05) is 11.4 Å². The van der Waals surface area contributed by atoms with Gasteiger partial charge in [-0.25, -0.2) is 0 Å². The Kier molecular flexibility index (Phi) is 5.40. The Hall–Kier alpha value is -2.62. The van der Waals surface area contributed by atoms with Crippen molar-refractivity contribution in [2.45, 2.75) is 40.0 Å². The molecule has 2 N–H and O–H groups in total. The van der Waals surface area contributed by atoms with Crippen LogP contribution in [0.2, 0.25) is 0 Å². The van der Waals surface area contributed by atoms with E-state index in [1.54, 1.807) is 0 Å². The first-order valence-corrected chi connectivity index (χ1v) is 9.32. The minimum absolute atomic E-state index is 0.0509. The van der Waals surface area contributed by atoms with Crippen molar-refractivity contribution >= 4 is 23.2 Å². The van der Waals surface area contributed by atoms with Gasteiger partial charge in [0.15, 0.2) is 0 Å². The van der Waals surface area contributed by atoms with E-state index in [-0.39, 0.29) is 23.7 Å². The number of hydrogen-bond donors (Lipinski definition) is 2. The largest absolute Gasteiger partial charge is 0.326 e. The second kappa shape index (κ2) is 7.73. The Balaban J connectivity index is 1.64. The topological polar surface area (TPSA) is 58.2 Å². The molecule has 0 heterocycles. The predicted molar refractivity (Wildman–Crippen MR) is 105 cm³/mol. The van der Waals surface area contributed by atoms with E-state index in [4.69, 9.17) is 0 Å². The van der Waals surface area contributed by atoms with Crippen molar-refractivity contribution in [2.75, 3.05) is 10.6 Å². The summed E-state index contributed by atoms with van der Waals surface area (Å²) in [5, 5.41) is 6.00. The molecule has 0 spiro atoms. The summed E-state index contributed by atoms with van der Waals surface area (Å²) >= 11 is 0. The SMILES string of the molecule is CCc1cccc(CC)c1NC(=O)C1CC1C(=O)Nc1cccc(C)c1. The van der Waals surface area contributed by atoms with Crippen LogP contribution in [0.25, 0.3) is 0 Å². The molecular formula is C22H26N2O2. The van der Waals surface area contributed by atoms with E-state index < -0.39 is 0 Å². The predicted octanol–water partition coefficient (Wildman–Crippen LogP) is 4.33. The van der Waals surface area contributed by atoms with Crippen LogP contribution in [0.5, 0.6) is 0 Å². The Morgan fingerprint density at radius 2 is 1.50 bits per heavy atom. The standard InChI is InChI=1S/C22H26N2O2/c1-4-15-9-7-10-16(5-2)20(15)24-22(26)19-13-18(19)21(25)23-17-11-6-8-14(3)12-17/h6-12,18-19H,4-5,13H2,1-3H3,(H,23,25)(H,24,26). The molecule has 1 aliphatic rings. The molecule has 1 saturated carbocycles. The fourth-order valence-electron chi connectivity index (χ4n) is 3.35. The summed E-state index contributed by atoms with van der Waals surface area (Å²) < 4.78 is 0. The van der Waals surface area contributed by atoms with Gasteiger partial charge in [-0.05, 0) is 55.0 Å². The molecular weight excluding hydrogens is 324 g/mol. The summed E-state index contributed by atoms with van der Waals surface area (Å²) in [5.41, 5.74) is 5.08. The highest BCUT2D eigenvalue weighted by molar-refractivity contribution is 6.03. The van der Waals surface area contributed by atoms with Crippen molar-refractivity contribution in [3.8, 4) is 0 Å². The zero-order valence-electron chi connectivity index (χ0n) is 15.6. The van der Waals surface area contributed by atoms with Crippen molar-refractivity contribution < 1.29 is 9.59 Å². The van der Waals surface area contributed by atoms with Gasteiger partial charge in [0.05, 0.1) is 11.8 Å². The molecule has 4 nitrogen and oxygen atoms in total. The van der Waals surface area contributed by atoms with Gasteiger partial charge in [-0.1, -0.05) is 44.2 Å². The Labute approximate surface area is 155 Å². The molecule has 0 bridgehead atoms. The normalized spacial score (nSPS) is 18.3. The number of carbonyl (C=O) groups is 2. The molecule has 0 aliphatic heterocycles. The highest BCUT2D eigenvalue weighted by Gasteiger charge is 2.48. The van der Waals surface area contributed by atoms with E-state index in [0.717, 1.165) is 40.9 Å². The number of rotatable bonds is 6. The summed E-state index contributed by atoms with van der Waals surface area (Å²) in [7, 11) is 0. The lowest BCUT2D eigenvalue weighted by Gasteiger charge is -2.14. The van der Waals surface area contributed by atoms with Gasteiger partial charge in [0.2, 0.25) is 11.8 Å². The Morgan fingerprint density at radius 3 is 2.08 bits per heavy atom. The highest BCUT2D eigenvalue weighted by atomic mass is 16.2. The summed E-state index contributed by atoms with van der Waals surface area (Å²) in [6.45, 7) is 6.15. The van der Waals surface area contributed by atoms with Crippen LogP contribution in [0.3, 0.4) is 0 Å². The van der Waals surface area contributed by atoms with Crippen LogP contribution in [0.15, 0.2) is 42.5 Å². The third kappa shape index (κ3) is 3.96. The molecule has 136 valence electrons. The summed E-state index contributed by atoms with van der Waals surface area (Å²) in [5.74, 6) is -0.607. The second-order valence-corrected chi connectivity index (χ2v) is 6.96. The van der Waals surface area contributed by atoms with Crippen LogP contribution in [0, 0.1) is 18.8 Å². The quantitative estimate of drug-likeness (QED) is 0.814. The lowest BCUT2D eigenvalue weighted by atomic mass is 10.0. The van der Waals surface area contributed by atoms with E-state index in [1.807, 2.05) is 49.4 Å². The van der Waals surface area contributed by atoms with Crippen LogP contribution in [0.1, 0.15) is 37.0 Å². The minimum atomic E-state index is -0.241. The van der Waals surface area contributed by atoms with Crippen LogP contribution in [-0.2, 0) is 22.4 Å². The molecule has 26 heavy (non-hydrogen) atoms. The first kappa shape index (κ1) is 18.2. The average Bonchev–Trinajstić information content (AvgIpc) is 3.43. The van der Waals surface area contributed by atoms with E-state index in [1.165, 1.54) is 0 Å². The van der Waals surface area contributed by atoms with Crippen molar-refractivity contribution in [3.63, 3.8) is 0 Å². The van der Waals surface area contributed by atoms with Gasteiger partial charge < -0.3 is 10.6 Å². The van der Waals surface area contributed by atoms with E-state index in [0.29, 0.717) is 6.42 Å². The second-order valence-electron chi connectivity index (χ2n) is 6.96. The maximum absolute atomic E-state index is 12.6. The Morgan fingerprint density at radius 1 is 0.923 bits per heavy atom. The zero-order chi connectivity index (χ0) is 18.7. The maximum Gasteiger partial charge on any atom is 0.228 e. The fourth-order valence-corrected chi connectivity index (χ4v) is 3.35. The lowest BCUT2D eigenvalue weighted by molar-refractivity contribution is -0.122. The van der Waals surface area contributed by atoms with Crippen LogP contribution >= 0.6 is 0 Å². The van der Waals surface area contributed by atoms with Gasteiger partial charge in [-0.2, -0.15) is 0 Å². The molecule has 4 heteroatoms. The summed E-state index contributed by atoms with van der Waals surface area (Å²) in [6.07, 6.45) is 2.34. The highest BCUT2D eigenvalue weighted by Crippen LogP contribution is 2.40. The number of hydrogen-bond acceptors (Lipinski definition) is 2. The van der Waals surface area contributed by atoms with Crippen LogP contribution in [0.4, 0.5) is 11.4 Å². The van der Waals surface area contributed by atoms with Crippen LogP contribution < -0.4 is 10.6 Å². The molecule has 1 aliphatic carbocycles. The smallest absolute Gasteiger partial charge is 0.228 e. The van der Waals surface area contributed by atoms with E-state index >= 15 is 0 Å². The minimum Gasteiger partial charge on any atom is -0.326 e. The third-order valence-corrected chi connectivity index (χ3v) is 5.00. The van der Waals surface area contributed by atoms with Gasteiger partial charge in [0.1, 0.15) is 0 Å². The van der Waals surface area contributed by atoms with Gasteiger partial charge in [-0.3, -0.25) is 9.59 Å². The number of para-hydroxylation sites is 1. The molecule has 0 saturated heterocycles. The summed E-state index contributed by atoms with van der Waals surface area (Å²) in [4.78, 5) is 25.0. The number of aryl methyl sites for hydroxylation is 3. The average molecular weight is 350 g/mol. The molecule has 2 aromatic rings. The van der Waals surface area contributed by atoms with Crippen molar-refractivity contribution in [3.05, 3.63) is 59.2 Å². The number of nitrogens with one attached hydrogen (secondary N) is 2. The molecule has 3 rings (SSSR count). The first-order valence-electron chi connectivity index (χ1n) is 9.32. The first-order chi connectivity index (χ1) is 12.5. The van der Waals surface area contributed by atoms with E-state index in [9.17, 15) is 9.59 Å². The van der Waals surface area contributed by atoms with Gasteiger partial charge >= 0.3 is 0 Å². The maximum atomic E-state index is 12.6.